The molecule has 3 aromatic rings. The highest BCUT2D eigenvalue weighted by molar-refractivity contribution is 8.00. The van der Waals surface area contributed by atoms with Gasteiger partial charge in [-0.15, -0.1) is 11.8 Å². The summed E-state index contributed by atoms with van der Waals surface area (Å²) in [6.07, 6.45) is -1.03. The van der Waals surface area contributed by atoms with Crippen LogP contribution in [0, 0.1) is 0 Å². The molecule has 1 saturated heterocycles. The molecule has 2 amide bonds. The van der Waals surface area contributed by atoms with Crippen LogP contribution in [0.2, 0.25) is 0 Å². The number of aliphatic hydroxyl groups is 1. The first-order valence-electron chi connectivity index (χ1n) is 8.66. The van der Waals surface area contributed by atoms with Gasteiger partial charge in [0.1, 0.15) is 17.6 Å². The van der Waals surface area contributed by atoms with Gasteiger partial charge in [-0.3, -0.25) is 14.9 Å². The van der Waals surface area contributed by atoms with Crippen LogP contribution in [-0.4, -0.2) is 39.4 Å². The highest BCUT2D eigenvalue weighted by Gasteiger charge is 2.36. The van der Waals surface area contributed by atoms with Gasteiger partial charge in [0, 0.05) is 0 Å². The Labute approximate surface area is 169 Å². The van der Waals surface area contributed by atoms with Crippen molar-refractivity contribution in [2.45, 2.75) is 17.6 Å². The van der Waals surface area contributed by atoms with Crippen LogP contribution in [0.15, 0.2) is 54.6 Å². The van der Waals surface area contributed by atoms with E-state index in [2.05, 4.69) is 20.9 Å². The van der Waals surface area contributed by atoms with Crippen LogP contribution < -0.4 is 16.0 Å². The summed E-state index contributed by atoms with van der Waals surface area (Å²) in [4.78, 5) is 29.0. The third-order valence-electron chi connectivity index (χ3n) is 4.27. The summed E-state index contributed by atoms with van der Waals surface area (Å²) >= 11 is 2.61. The molecule has 1 aromatic heterocycles. The number of para-hydroxylation sites is 1. The monoisotopic (exact) mass is 414 g/mol. The van der Waals surface area contributed by atoms with Crippen LogP contribution in [0.4, 0.5) is 5.13 Å². The number of hydrogen-bond donors (Lipinski definition) is 4. The zero-order valence-corrected chi connectivity index (χ0v) is 16.3. The number of thioether (sulfide) groups is 1. The Morgan fingerprint density at radius 3 is 2.68 bits per heavy atom. The van der Waals surface area contributed by atoms with Crippen LogP contribution in [0.5, 0.6) is 0 Å². The molecular formula is C19H18N4O3S2. The van der Waals surface area contributed by atoms with Crippen molar-refractivity contribution in [1.29, 1.82) is 0 Å². The maximum Gasteiger partial charge on any atom is 0.236 e. The standard InChI is InChI=1S/C19H18N4O3S2/c24-14(21-19-20-12-8-4-5-9-13(12)28-19)10-27-18-22-16(25)15(17(26)23-18)11-6-2-1-3-7-11/h1-9,15-16,18,22,25H,10H2,(H,23,26)(H,20,21,24). The zero-order valence-electron chi connectivity index (χ0n) is 14.7. The van der Waals surface area contributed by atoms with Crippen molar-refractivity contribution in [2.24, 2.45) is 0 Å². The van der Waals surface area contributed by atoms with E-state index in [1.165, 1.54) is 23.1 Å². The summed E-state index contributed by atoms with van der Waals surface area (Å²) in [7, 11) is 0. The van der Waals surface area contributed by atoms with Crippen molar-refractivity contribution < 1.29 is 14.7 Å². The number of carbonyl (C=O) groups is 2. The van der Waals surface area contributed by atoms with Gasteiger partial charge in [-0.05, 0) is 17.7 Å². The smallest absolute Gasteiger partial charge is 0.236 e. The zero-order chi connectivity index (χ0) is 19.5. The average molecular weight is 415 g/mol. The van der Waals surface area contributed by atoms with E-state index < -0.39 is 17.6 Å². The Kier molecular flexibility index (Phi) is 5.58. The van der Waals surface area contributed by atoms with E-state index in [1.54, 1.807) is 12.1 Å². The molecule has 0 bridgehead atoms. The normalized spacial score (nSPS) is 22.0. The number of amides is 2. The minimum Gasteiger partial charge on any atom is -0.377 e. The van der Waals surface area contributed by atoms with Crippen LogP contribution >= 0.6 is 23.1 Å². The van der Waals surface area contributed by atoms with Gasteiger partial charge < -0.3 is 15.7 Å². The van der Waals surface area contributed by atoms with Gasteiger partial charge in [0.25, 0.3) is 0 Å². The summed E-state index contributed by atoms with van der Waals surface area (Å²) in [5.41, 5.74) is 1.02. The quantitative estimate of drug-likeness (QED) is 0.510. The Balaban J connectivity index is 1.31. The number of aliphatic hydroxyl groups excluding tert-OH is 1. The fourth-order valence-electron chi connectivity index (χ4n) is 2.98. The number of anilines is 1. The second-order valence-electron chi connectivity index (χ2n) is 6.23. The van der Waals surface area contributed by atoms with Crippen LogP contribution in [0.1, 0.15) is 11.5 Å². The number of nitrogens with one attached hydrogen (secondary N) is 3. The fraction of sp³-hybridized carbons (Fsp3) is 0.211. The predicted molar refractivity (Wildman–Crippen MR) is 111 cm³/mol. The first kappa shape index (κ1) is 18.9. The van der Waals surface area contributed by atoms with Gasteiger partial charge >= 0.3 is 0 Å². The largest absolute Gasteiger partial charge is 0.377 e. The van der Waals surface area contributed by atoms with Crippen LogP contribution in [0.3, 0.4) is 0 Å². The number of thiazole rings is 1. The highest BCUT2D eigenvalue weighted by atomic mass is 32.2. The fourth-order valence-corrected chi connectivity index (χ4v) is 4.69. The van der Waals surface area contributed by atoms with Crippen molar-refractivity contribution in [1.82, 2.24) is 15.6 Å². The van der Waals surface area contributed by atoms with E-state index in [0.717, 1.165) is 15.8 Å². The molecule has 3 atom stereocenters. The van der Waals surface area contributed by atoms with Crippen molar-refractivity contribution in [3.63, 3.8) is 0 Å². The summed E-state index contributed by atoms with van der Waals surface area (Å²) < 4.78 is 1.00. The minimum absolute atomic E-state index is 0.108. The van der Waals surface area contributed by atoms with Gasteiger partial charge in [0.2, 0.25) is 11.8 Å². The maximum atomic E-state index is 12.4. The van der Waals surface area contributed by atoms with Crippen molar-refractivity contribution in [3.05, 3.63) is 60.2 Å². The third-order valence-corrected chi connectivity index (χ3v) is 6.24. The molecule has 0 radical (unpaired) electrons. The molecule has 1 aliphatic rings. The third kappa shape index (κ3) is 4.17. The number of nitrogens with zero attached hydrogens (tertiary/aromatic N) is 1. The van der Waals surface area contributed by atoms with Crippen LogP contribution in [-0.2, 0) is 9.59 Å². The van der Waals surface area contributed by atoms with Gasteiger partial charge in [-0.1, -0.05) is 53.8 Å². The van der Waals surface area contributed by atoms with E-state index in [0.29, 0.717) is 5.13 Å². The Morgan fingerprint density at radius 2 is 1.93 bits per heavy atom. The Morgan fingerprint density at radius 1 is 1.18 bits per heavy atom. The Bertz CT molecular complexity index is 962. The predicted octanol–water partition coefficient (Wildman–Crippen LogP) is 2.07. The molecule has 144 valence electrons. The molecule has 2 heterocycles. The van der Waals surface area contributed by atoms with E-state index in [4.69, 9.17) is 0 Å². The molecular weight excluding hydrogens is 396 g/mol. The lowest BCUT2D eigenvalue weighted by atomic mass is 9.95. The van der Waals surface area contributed by atoms with Crippen molar-refractivity contribution >= 4 is 50.3 Å². The highest BCUT2D eigenvalue weighted by Crippen LogP contribution is 2.26. The summed E-state index contributed by atoms with van der Waals surface area (Å²) in [6.45, 7) is 0. The maximum absolute atomic E-state index is 12.4. The molecule has 1 fully saturated rings. The van der Waals surface area contributed by atoms with Crippen molar-refractivity contribution in [3.8, 4) is 0 Å². The number of carbonyl (C=O) groups excluding carboxylic acids is 2. The molecule has 28 heavy (non-hydrogen) atoms. The first-order valence-corrected chi connectivity index (χ1v) is 10.5. The number of benzene rings is 2. The molecule has 4 N–H and O–H groups in total. The van der Waals surface area contributed by atoms with E-state index >= 15 is 0 Å². The average Bonchev–Trinajstić information content (AvgIpc) is 3.09. The van der Waals surface area contributed by atoms with Gasteiger partial charge in [-0.25, -0.2) is 4.98 Å². The summed E-state index contributed by atoms with van der Waals surface area (Å²) in [5, 5.41) is 19.4. The molecule has 0 spiro atoms. The molecule has 0 saturated carbocycles. The molecule has 2 aromatic carbocycles. The topological polar surface area (TPSA) is 103 Å². The summed E-state index contributed by atoms with van der Waals surface area (Å²) in [5.74, 6) is -1.08. The molecule has 0 aliphatic carbocycles. The minimum atomic E-state index is -1.03. The molecule has 3 unspecified atom stereocenters. The molecule has 7 nitrogen and oxygen atoms in total. The van der Waals surface area contributed by atoms with Gasteiger partial charge in [0.05, 0.1) is 16.0 Å². The second kappa shape index (κ2) is 8.27. The number of hydrogen-bond acceptors (Lipinski definition) is 7. The molecule has 9 heteroatoms. The second-order valence-corrected chi connectivity index (χ2v) is 8.36. The lowest BCUT2D eigenvalue weighted by Crippen LogP contribution is -2.59. The number of fused-ring (bicyclic) bond motifs is 1. The lowest BCUT2D eigenvalue weighted by molar-refractivity contribution is -0.129. The first-order chi connectivity index (χ1) is 13.6. The number of aromatic nitrogens is 1. The van der Waals surface area contributed by atoms with Gasteiger partial charge in [0.15, 0.2) is 5.13 Å². The van der Waals surface area contributed by atoms with Gasteiger partial charge in [-0.2, -0.15) is 0 Å². The van der Waals surface area contributed by atoms with Crippen molar-refractivity contribution in [2.75, 3.05) is 11.1 Å². The molecule has 1 aliphatic heterocycles. The van der Waals surface area contributed by atoms with E-state index in [1.807, 2.05) is 42.5 Å². The number of rotatable bonds is 5. The molecule has 4 rings (SSSR count). The van der Waals surface area contributed by atoms with E-state index in [-0.39, 0.29) is 17.6 Å². The lowest BCUT2D eigenvalue weighted by Gasteiger charge is -2.34. The summed E-state index contributed by atoms with van der Waals surface area (Å²) in [6, 6.07) is 16.8. The van der Waals surface area contributed by atoms with E-state index in [9.17, 15) is 14.7 Å². The van der Waals surface area contributed by atoms with Crippen LogP contribution in [0.25, 0.3) is 10.2 Å². The Hall–Kier alpha value is -2.46. The SMILES string of the molecule is O=C(CSC1NC(=O)C(c2ccccc2)C(O)N1)Nc1nc2ccccc2s1.